The van der Waals surface area contributed by atoms with Crippen LogP contribution >= 0.6 is 0 Å². The minimum atomic E-state index is -4.49. The molecule has 1 aliphatic heterocycles. The molecule has 0 N–H and O–H groups in total. The Balaban J connectivity index is 0.00000240. The summed E-state index contributed by atoms with van der Waals surface area (Å²) in [6, 6.07) is 12.3. The molecule has 0 saturated carbocycles. The van der Waals surface area contributed by atoms with Gasteiger partial charge in [0.25, 0.3) is 0 Å². The van der Waals surface area contributed by atoms with Gasteiger partial charge in [-0.25, -0.2) is 4.39 Å². The Morgan fingerprint density at radius 2 is 1.62 bits per heavy atom. The first kappa shape index (κ1) is 21.2. The highest BCUT2D eigenvalue weighted by Crippen LogP contribution is 2.38. The standard InChI is InChI=1S/C21H21F4N3.CH4/c1-26-8-10-27(11-9-26)18-6-3-7-19-17(18)13-20(21(23,24)25)28(19)14-15-4-2-5-16(22)12-15;/h2-7,12-13H,8-11,14H2,1H3;1H4. The normalized spacial score (nSPS) is 15.6. The second-order valence-electron chi connectivity index (χ2n) is 7.24. The number of alkyl halides is 3. The second-order valence-corrected chi connectivity index (χ2v) is 7.24. The first-order valence-corrected chi connectivity index (χ1v) is 9.20. The van der Waals surface area contributed by atoms with Gasteiger partial charge in [0.15, 0.2) is 0 Å². The third-order valence-electron chi connectivity index (χ3n) is 5.29. The van der Waals surface area contributed by atoms with Crippen molar-refractivity contribution < 1.29 is 17.6 Å². The molecule has 0 atom stereocenters. The van der Waals surface area contributed by atoms with Crippen LogP contribution in [0.1, 0.15) is 18.7 Å². The number of hydrogen-bond donors (Lipinski definition) is 0. The number of hydrogen-bond acceptors (Lipinski definition) is 2. The van der Waals surface area contributed by atoms with Gasteiger partial charge in [0, 0.05) is 43.8 Å². The molecule has 0 unspecified atom stereocenters. The summed E-state index contributed by atoms with van der Waals surface area (Å²) in [6.07, 6.45) is -4.49. The molecule has 0 spiro atoms. The van der Waals surface area contributed by atoms with E-state index >= 15 is 0 Å². The van der Waals surface area contributed by atoms with Gasteiger partial charge in [-0.3, -0.25) is 0 Å². The van der Waals surface area contributed by atoms with Gasteiger partial charge in [-0.2, -0.15) is 13.2 Å². The summed E-state index contributed by atoms with van der Waals surface area (Å²) in [5.41, 5.74) is 1.10. The highest BCUT2D eigenvalue weighted by atomic mass is 19.4. The number of halogens is 4. The SMILES string of the molecule is C.CN1CCN(c2cccc3c2cc(C(F)(F)F)n3Cc2cccc(F)c2)CC1. The maximum Gasteiger partial charge on any atom is 0.431 e. The maximum absolute atomic E-state index is 13.8. The predicted octanol–water partition coefficient (Wildman–Crippen LogP) is 5.24. The molecule has 1 aromatic heterocycles. The van der Waals surface area contributed by atoms with Crippen LogP contribution in [-0.2, 0) is 12.7 Å². The molecular formula is C22H25F4N3. The lowest BCUT2D eigenvalue weighted by molar-refractivity contribution is -0.143. The summed E-state index contributed by atoms with van der Waals surface area (Å²) in [6.45, 7) is 3.24. The summed E-state index contributed by atoms with van der Waals surface area (Å²) in [4.78, 5) is 4.34. The molecule has 3 nitrogen and oxygen atoms in total. The van der Waals surface area contributed by atoms with Crippen LogP contribution in [0.25, 0.3) is 10.9 Å². The summed E-state index contributed by atoms with van der Waals surface area (Å²) in [5, 5.41) is 0.579. The van der Waals surface area contributed by atoms with E-state index in [2.05, 4.69) is 9.80 Å². The van der Waals surface area contributed by atoms with Crippen molar-refractivity contribution in [2.45, 2.75) is 20.1 Å². The van der Waals surface area contributed by atoms with Crippen LogP contribution in [0.4, 0.5) is 23.2 Å². The minimum absolute atomic E-state index is 0. The Bertz CT molecular complexity index is 985. The van der Waals surface area contributed by atoms with Crippen LogP contribution in [0.15, 0.2) is 48.5 Å². The molecule has 2 heterocycles. The van der Waals surface area contributed by atoms with Gasteiger partial charge >= 0.3 is 6.18 Å². The number of nitrogens with zero attached hydrogens (tertiary/aromatic N) is 3. The Morgan fingerprint density at radius 1 is 0.931 bits per heavy atom. The van der Waals surface area contributed by atoms with E-state index in [1.165, 1.54) is 28.8 Å². The Kier molecular flexibility index (Phi) is 5.89. The van der Waals surface area contributed by atoms with E-state index < -0.39 is 17.7 Å². The number of anilines is 1. The molecular weight excluding hydrogens is 382 g/mol. The fourth-order valence-corrected chi connectivity index (χ4v) is 3.82. The maximum atomic E-state index is 13.8. The number of fused-ring (bicyclic) bond motifs is 1. The lowest BCUT2D eigenvalue weighted by atomic mass is 10.1. The van der Waals surface area contributed by atoms with Crippen molar-refractivity contribution in [1.82, 2.24) is 9.47 Å². The summed E-state index contributed by atoms with van der Waals surface area (Å²) in [7, 11) is 2.04. The molecule has 156 valence electrons. The highest BCUT2D eigenvalue weighted by molar-refractivity contribution is 5.94. The summed E-state index contributed by atoms with van der Waals surface area (Å²) in [5.74, 6) is -0.458. The van der Waals surface area contributed by atoms with Gasteiger partial charge < -0.3 is 14.4 Å². The molecule has 4 rings (SSSR count). The molecule has 1 aliphatic rings. The quantitative estimate of drug-likeness (QED) is 0.551. The third kappa shape index (κ3) is 4.24. The average Bonchev–Trinajstić information content (AvgIpc) is 3.02. The molecule has 1 saturated heterocycles. The highest BCUT2D eigenvalue weighted by Gasteiger charge is 2.36. The minimum Gasteiger partial charge on any atom is -0.368 e. The fraction of sp³-hybridized carbons (Fsp3) is 0.364. The van der Waals surface area contributed by atoms with E-state index in [1.807, 2.05) is 13.1 Å². The van der Waals surface area contributed by atoms with Gasteiger partial charge in [0.2, 0.25) is 0 Å². The van der Waals surface area contributed by atoms with Crippen molar-refractivity contribution in [3.8, 4) is 0 Å². The summed E-state index contributed by atoms with van der Waals surface area (Å²) < 4.78 is 56.1. The molecule has 0 radical (unpaired) electrons. The van der Waals surface area contributed by atoms with Gasteiger partial charge in [-0.1, -0.05) is 25.6 Å². The van der Waals surface area contributed by atoms with Crippen LogP contribution < -0.4 is 4.90 Å². The van der Waals surface area contributed by atoms with Gasteiger partial charge in [0.1, 0.15) is 11.5 Å². The molecule has 3 aromatic rings. The largest absolute Gasteiger partial charge is 0.431 e. The van der Waals surface area contributed by atoms with Gasteiger partial charge in [-0.05, 0) is 42.9 Å². The zero-order valence-corrected chi connectivity index (χ0v) is 15.5. The number of benzene rings is 2. The third-order valence-corrected chi connectivity index (χ3v) is 5.29. The van der Waals surface area contributed by atoms with E-state index in [1.54, 1.807) is 18.2 Å². The van der Waals surface area contributed by atoms with E-state index in [0.717, 1.165) is 31.9 Å². The Morgan fingerprint density at radius 3 is 2.28 bits per heavy atom. The first-order chi connectivity index (χ1) is 13.3. The second kappa shape index (κ2) is 8.06. The monoisotopic (exact) mass is 407 g/mol. The van der Waals surface area contributed by atoms with Crippen molar-refractivity contribution in [3.05, 3.63) is 65.6 Å². The number of likely N-dealkylation sites (N-methyl/N-ethyl adjacent to an activating group) is 1. The first-order valence-electron chi connectivity index (χ1n) is 9.20. The molecule has 0 aliphatic carbocycles. The number of piperazine rings is 1. The lowest BCUT2D eigenvalue weighted by Crippen LogP contribution is -2.44. The van der Waals surface area contributed by atoms with Crippen molar-refractivity contribution >= 4 is 16.6 Å². The van der Waals surface area contributed by atoms with Crippen molar-refractivity contribution in [3.63, 3.8) is 0 Å². The Labute approximate surface area is 168 Å². The van der Waals surface area contributed by atoms with Crippen LogP contribution in [0.5, 0.6) is 0 Å². The van der Waals surface area contributed by atoms with Crippen LogP contribution in [0.3, 0.4) is 0 Å². The van der Waals surface area contributed by atoms with Crippen LogP contribution in [-0.4, -0.2) is 42.7 Å². The van der Waals surface area contributed by atoms with Gasteiger partial charge in [-0.15, -0.1) is 0 Å². The Hall–Kier alpha value is -2.54. The molecule has 0 bridgehead atoms. The van der Waals surface area contributed by atoms with Crippen molar-refractivity contribution in [2.75, 3.05) is 38.1 Å². The zero-order valence-electron chi connectivity index (χ0n) is 15.5. The van der Waals surface area contributed by atoms with Crippen LogP contribution in [0.2, 0.25) is 0 Å². The average molecular weight is 407 g/mol. The topological polar surface area (TPSA) is 11.4 Å². The zero-order chi connectivity index (χ0) is 19.9. The number of rotatable bonds is 3. The van der Waals surface area contributed by atoms with E-state index in [-0.39, 0.29) is 14.0 Å². The smallest absolute Gasteiger partial charge is 0.368 e. The van der Waals surface area contributed by atoms with E-state index in [9.17, 15) is 17.6 Å². The molecule has 29 heavy (non-hydrogen) atoms. The molecule has 2 aromatic carbocycles. The lowest BCUT2D eigenvalue weighted by Gasteiger charge is -2.34. The molecule has 0 amide bonds. The predicted molar refractivity (Wildman–Crippen MR) is 109 cm³/mol. The van der Waals surface area contributed by atoms with Gasteiger partial charge in [0.05, 0.1) is 5.52 Å². The molecule has 1 fully saturated rings. The fourth-order valence-electron chi connectivity index (χ4n) is 3.82. The summed E-state index contributed by atoms with van der Waals surface area (Å²) >= 11 is 0. The van der Waals surface area contributed by atoms with E-state index in [0.29, 0.717) is 16.5 Å². The molecule has 7 heteroatoms. The van der Waals surface area contributed by atoms with Crippen LogP contribution in [0, 0.1) is 5.82 Å². The van der Waals surface area contributed by atoms with E-state index in [4.69, 9.17) is 0 Å². The van der Waals surface area contributed by atoms with Crippen molar-refractivity contribution in [2.24, 2.45) is 0 Å². The number of aromatic nitrogens is 1. The van der Waals surface area contributed by atoms with Crippen molar-refractivity contribution in [1.29, 1.82) is 0 Å².